The highest BCUT2D eigenvalue weighted by atomic mass is 16.5. The molecule has 3 N–H and O–H groups in total. The van der Waals surface area contributed by atoms with Gasteiger partial charge in [-0.25, -0.2) is 4.98 Å². The molecule has 1 amide bonds. The number of aromatic nitrogens is 2. The van der Waals surface area contributed by atoms with Crippen LogP contribution < -0.4 is 15.4 Å². The molecule has 30 heavy (non-hydrogen) atoms. The van der Waals surface area contributed by atoms with E-state index in [1.165, 1.54) is 0 Å². The predicted octanol–water partition coefficient (Wildman–Crippen LogP) is 4.79. The number of ether oxygens (including phenoxy) is 1. The number of para-hydroxylation sites is 2. The molecular weight excluding hydrogens is 378 g/mol. The fraction of sp³-hybridized carbons (Fsp3) is 0.217. The molecule has 0 atom stereocenters. The summed E-state index contributed by atoms with van der Waals surface area (Å²) >= 11 is 0. The number of nitrogens with zero attached hydrogens (tertiary/aromatic N) is 2. The van der Waals surface area contributed by atoms with Crippen LogP contribution >= 0.6 is 0 Å². The Labute approximate surface area is 176 Å². The first-order valence-corrected chi connectivity index (χ1v) is 9.52. The van der Waals surface area contributed by atoms with Crippen LogP contribution in [0.2, 0.25) is 0 Å². The van der Waals surface area contributed by atoms with E-state index in [1.54, 1.807) is 26.3 Å². The van der Waals surface area contributed by atoms with Crippen LogP contribution in [0.3, 0.4) is 0 Å². The summed E-state index contributed by atoms with van der Waals surface area (Å²) in [6.45, 7) is 7.21. The van der Waals surface area contributed by atoms with Crippen LogP contribution in [0, 0.1) is 26.2 Å². The summed E-state index contributed by atoms with van der Waals surface area (Å²) in [5.74, 6) is 0.753. The summed E-state index contributed by atoms with van der Waals surface area (Å²) < 4.78 is 5.40. The molecule has 0 aliphatic heterocycles. The maximum Gasteiger partial charge on any atom is 0.256 e. The summed E-state index contributed by atoms with van der Waals surface area (Å²) in [6.07, 6.45) is 1.71. The molecule has 0 unspecified atom stereocenters. The Balaban J connectivity index is 2.07. The molecule has 1 aromatic carbocycles. The van der Waals surface area contributed by atoms with Gasteiger partial charge in [-0.15, -0.1) is 0 Å². The second-order valence-electron chi connectivity index (χ2n) is 7.03. The van der Waals surface area contributed by atoms with Gasteiger partial charge in [0.05, 0.1) is 35.3 Å². The maximum absolute atomic E-state index is 13.2. The van der Waals surface area contributed by atoms with Gasteiger partial charge < -0.3 is 20.8 Å². The van der Waals surface area contributed by atoms with Crippen LogP contribution in [0.4, 0.5) is 17.2 Å². The van der Waals surface area contributed by atoms with E-state index in [0.717, 1.165) is 11.3 Å². The lowest BCUT2D eigenvalue weighted by atomic mass is 10.0. The molecule has 2 heterocycles. The molecule has 0 aliphatic rings. The smallest absolute Gasteiger partial charge is 0.256 e. The fourth-order valence-electron chi connectivity index (χ4n) is 3.26. The lowest BCUT2D eigenvalue weighted by Crippen LogP contribution is -2.19. The number of amides is 1. The second kappa shape index (κ2) is 8.73. The molecule has 0 radical (unpaired) electrons. The number of carbonyl (C=O) groups is 1. The highest BCUT2D eigenvalue weighted by Gasteiger charge is 2.21. The molecule has 0 fully saturated rings. The van der Waals surface area contributed by atoms with E-state index >= 15 is 0 Å². The predicted molar refractivity (Wildman–Crippen MR) is 119 cm³/mol. The van der Waals surface area contributed by atoms with Crippen molar-refractivity contribution in [3.8, 4) is 5.75 Å². The molecule has 0 saturated heterocycles. The number of benzene rings is 1. The lowest BCUT2D eigenvalue weighted by molar-refractivity contribution is 0.102. The molecule has 3 rings (SSSR count). The molecule has 0 saturated carbocycles. The Morgan fingerprint density at radius 3 is 2.53 bits per heavy atom. The van der Waals surface area contributed by atoms with Gasteiger partial charge in [0.2, 0.25) is 0 Å². The van der Waals surface area contributed by atoms with E-state index < -0.39 is 0 Å². The van der Waals surface area contributed by atoms with Crippen molar-refractivity contribution < 1.29 is 9.53 Å². The monoisotopic (exact) mass is 403 g/mol. The zero-order valence-corrected chi connectivity index (χ0v) is 17.8. The van der Waals surface area contributed by atoms with Crippen molar-refractivity contribution in [2.45, 2.75) is 27.7 Å². The number of pyridine rings is 2. The van der Waals surface area contributed by atoms with E-state index in [1.807, 2.05) is 51.1 Å². The number of rotatable bonds is 6. The molecule has 7 nitrogen and oxygen atoms in total. The normalized spacial score (nSPS) is 10.4. The van der Waals surface area contributed by atoms with Crippen LogP contribution in [0.1, 0.15) is 39.8 Å². The highest BCUT2D eigenvalue weighted by Crippen LogP contribution is 2.30. The van der Waals surface area contributed by atoms with E-state index in [4.69, 9.17) is 10.1 Å². The third-order valence-electron chi connectivity index (χ3n) is 4.71. The largest absolute Gasteiger partial charge is 0.495 e. The van der Waals surface area contributed by atoms with Crippen molar-refractivity contribution in [1.82, 2.24) is 9.97 Å². The Morgan fingerprint density at radius 1 is 1.13 bits per heavy atom. The van der Waals surface area contributed by atoms with Crippen molar-refractivity contribution >= 4 is 28.8 Å². The van der Waals surface area contributed by atoms with Gasteiger partial charge in [0, 0.05) is 17.6 Å². The standard InChI is InChI=1S/C23H25N5O2/c1-13-10-11-25-16(4)21(13)28-23(29)17-12-14(2)26-22(20(17)15(3)24)27-18-8-6-7-9-19(18)30-5/h6-12,24H,1-5H3,(H,26,27)(H,28,29). The van der Waals surface area contributed by atoms with E-state index in [9.17, 15) is 4.79 Å². The number of aryl methyl sites for hydroxylation is 3. The van der Waals surface area contributed by atoms with Gasteiger partial charge in [-0.05, 0) is 57.5 Å². The number of methoxy groups -OCH3 is 1. The Morgan fingerprint density at radius 2 is 1.87 bits per heavy atom. The van der Waals surface area contributed by atoms with E-state index in [0.29, 0.717) is 39.8 Å². The van der Waals surface area contributed by atoms with Crippen LogP contribution in [0.5, 0.6) is 5.75 Å². The molecular formula is C23H25N5O2. The van der Waals surface area contributed by atoms with E-state index in [-0.39, 0.29) is 11.6 Å². The average Bonchev–Trinajstić information content (AvgIpc) is 2.70. The summed E-state index contributed by atoms with van der Waals surface area (Å²) in [7, 11) is 1.59. The number of anilines is 3. The lowest BCUT2D eigenvalue weighted by Gasteiger charge is -2.18. The van der Waals surface area contributed by atoms with Crippen molar-refractivity contribution in [3.63, 3.8) is 0 Å². The second-order valence-corrected chi connectivity index (χ2v) is 7.03. The number of nitrogens with one attached hydrogen (secondary N) is 3. The summed E-state index contributed by atoms with van der Waals surface area (Å²) in [5.41, 5.74) is 4.71. The fourth-order valence-corrected chi connectivity index (χ4v) is 3.26. The first-order valence-electron chi connectivity index (χ1n) is 9.52. The average molecular weight is 403 g/mol. The van der Waals surface area contributed by atoms with Crippen molar-refractivity contribution in [3.05, 3.63) is 70.7 Å². The van der Waals surface area contributed by atoms with Gasteiger partial charge in [-0.1, -0.05) is 12.1 Å². The Hall–Kier alpha value is -3.74. The first kappa shape index (κ1) is 21.0. The van der Waals surface area contributed by atoms with Crippen LogP contribution in [-0.4, -0.2) is 28.7 Å². The highest BCUT2D eigenvalue weighted by molar-refractivity contribution is 6.15. The molecule has 2 aromatic heterocycles. The SMILES string of the molecule is COc1ccccc1Nc1nc(C)cc(C(=O)Nc2c(C)ccnc2C)c1C(C)=N. The summed E-state index contributed by atoms with van der Waals surface area (Å²) in [4.78, 5) is 22.0. The maximum atomic E-state index is 13.2. The number of carbonyl (C=O) groups excluding carboxylic acids is 1. The third kappa shape index (κ3) is 4.30. The third-order valence-corrected chi connectivity index (χ3v) is 4.71. The van der Waals surface area contributed by atoms with Gasteiger partial charge in [-0.2, -0.15) is 0 Å². The molecule has 7 heteroatoms. The van der Waals surface area contributed by atoms with Gasteiger partial charge in [-0.3, -0.25) is 9.78 Å². The minimum atomic E-state index is -0.315. The minimum absolute atomic E-state index is 0.227. The number of hydrogen-bond acceptors (Lipinski definition) is 6. The molecule has 0 spiro atoms. The molecule has 154 valence electrons. The van der Waals surface area contributed by atoms with Gasteiger partial charge >= 0.3 is 0 Å². The molecule has 0 bridgehead atoms. The van der Waals surface area contributed by atoms with E-state index in [2.05, 4.69) is 20.6 Å². The summed E-state index contributed by atoms with van der Waals surface area (Å²) in [6, 6.07) is 11.0. The van der Waals surface area contributed by atoms with Crippen molar-refractivity contribution in [2.75, 3.05) is 17.7 Å². The molecule has 3 aromatic rings. The number of hydrogen-bond donors (Lipinski definition) is 3. The first-order chi connectivity index (χ1) is 14.3. The van der Waals surface area contributed by atoms with Crippen molar-refractivity contribution in [1.29, 1.82) is 5.41 Å². The zero-order valence-electron chi connectivity index (χ0n) is 17.8. The van der Waals surface area contributed by atoms with Crippen LogP contribution in [-0.2, 0) is 0 Å². The van der Waals surface area contributed by atoms with Crippen LogP contribution in [0.15, 0.2) is 42.6 Å². The summed E-state index contributed by atoms with van der Waals surface area (Å²) in [5, 5.41) is 14.5. The zero-order chi connectivity index (χ0) is 21.8. The van der Waals surface area contributed by atoms with Crippen molar-refractivity contribution in [2.24, 2.45) is 0 Å². The Kier molecular flexibility index (Phi) is 6.11. The quantitative estimate of drug-likeness (QED) is 0.514. The van der Waals surface area contributed by atoms with Crippen LogP contribution in [0.25, 0.3) is 0 Å². The van der Waals surface area contributed by atoms with Gasteiger partial charge in [0.1, 0.15) is 11.6 Å². The molecule has 0 aliphatic carbocycles. The van der Waals surface area contributed by atoms with Gasteiger partial charge in [0.15, 0.2) is 0 Å². The minimum Gasteiger partial charge on any atom is -0.495 e. The Bertz CT molecular complexity index is 1100. The topological polar surface area (TPSA) is 100.0 Å². The van der Waals surface area contributed by atoms with Gasteiger partial charge in [0.25, 0.3) is 5.91 Å².